The summed E-state index contributed by atoms with van der Waals surface area (Å²) in [6.07, 6.45) is 3.14. The molecule has 8 nitrogen and oxygen atoms in total. The van der Waals surface area contributed by atoms with Crippen LogP contribution in [0.2, 0.25) is 0 Å². The van der Waals surface area contributed by atoms with Crippen molar-refractivity contribution in [3.63, 3.8) is 0 Å². The number of nitrogens with two attached hydrogens (primary N) is 1. The molecule has 0 aliphatic heterocycles. The Hall–Kier alpha value is -1.16. The predicted octanol–water partition coefficient (Wildman–Crippen LogP) is -1.46. The highest BCUT2D eigenvalue weighted by atomic mass is 32.2. The lowest BCUT2D eigenvalue weighted by Crippen LogP contribution is -2.39. The van der Waals surface area contributed by atoms with Crippen LogP contribution in [0.25, 0.3) is 0 Å². The van der Waals surface area contributed by atoms with Crippen LogP contribution in [0.1, 0.15) is 0 Å². The molecule has 17 heavy (non-hydrogen) atoms. The van der Waals surface area contributed by atoms with Gasteiger partial charge in [-0.3, -0.25) is 4.68 Å². The fraction of sp³-hybridized carbons (Fsp3) is 0.625. The first-order chi connectivity index (χ1) is 8.03. The molecule has 0 aliphatic carbocycles. The van der Waals surface area contributed by atoms with Crippen molar-refractivity contribution in [2.24, 2.45) is 0 Å². The van der Waals surface area contributed by atoms with Crippen molar-refractivity contribution in [3.05, 3.63) is 12.4 Å². The molecule has 0 spiro atoms. The summed E-state index contributed by atoms with van der Waals surface area (Å²) < 4.78 is 33.7. The standard InChI is InChI=1S/C8H17N5O3S/c1-16-5-3-12-17(14,15)11-2-4-13-7-8(9)6-10-13/h6-7,11-12H,2-5,9H2,1H3. The monoisotopic (exact) mass is 263 g/mol. The fourth-order valence-electron chi connectivity index (χ4n) is 1.13. The first-order valence-corrected chi connectivity index (χ1v) is 6.53. The zero-order valence-corrected chi connectivity index (χ0v) is 10.4. The number of nitrogen functional groups attached to an aromatic ring is 1. The second kappa shape index (κ2) is 6.55. The molecule has 0 bridgehead atoms. The van der Waals surface area contributed by atoms with E-state index in [0.717, 1.165) is 0 Å². The largest absolute Gasteiger partial charge is 0.396 e. The van der Waals surface area contributed by atoms with Gasteiger partial charge in [0.15, 0.2) is 0 Å². The van der Waals surface area contributed by atoms with Crippen molar-refractivity contribution >= 4 is 15.9 Å². The van der Waals surface area contributed by atoms with Gasteiger partial charge in [-0.25, -0.2) is 4.72 Å². The van der Waals surface area contributed by atoms with Crippen molar-refractivity contribution in [1.29, 1.82) is 0 Å². The van der Waals surface area contributed by atoms with Crippen LogP contribution < -0.4 is 15.2 Å². The summed E-state index contributed by atoms with van der Waals surface area (Å²) in [5, 5.41) is 3.93. The highest BCUT2D eigenvalue weighted by molar-refractivity contribution is 7.87. The Morgan fingerprint density at radius 2 is 2.18 bits per heavy atom. The van der Waals surface area contributed by atoms with Crippen molar-refractivity contribution in [1.82, 2.24) is 19.2 Å². The van der Waals surface area contributed by atoms with E-state index >= 15 is 0 Å². The minimum atomic E-state index is -3.47. The van der Waals surface area contributed by atoms with Crippen molar-refractivity contribution < 1.29 is 13.2 Å². The highest BCUT2D eigenvalue weighted by Crippen LogP contribution is 1.96. The first kappa shape index (κ1) is 13.9. The Labute approximate surface area is 100 Å². The van der Waals surface area contributed by atoms with Crippen molar-refractivity contribution in [2.45, 2.75) is 6.54 Å². The van der Waals surface area contributed by atoms with Gasteiger partial charge in [0.25, 0.3) is 10.2 Å². The van der Waals surface area contributed by atoms with Gasteiger partial charge >= 0.3 is 0 Å². The molecule has 0 atom stereocenters. The predicted molar refractivity (Wildman–Crippen MR) is 63.4 cm³/mol. The Morgan fingerprint density at radius 3 is 2.76 bits per heavy atom. The molecule has 0 aromatic carbocycles. The number of nitrogens with zero attached hydrogens (tertiary/aromatic N) is 2. The number of methoxy groups -OCH3 is 1. The molecule has 0 saturated carbocycles. The first-order valence-electron chi connectivity index (χ1n) is 5.04. The normalized spacial score (nSPS) is 11.8. The van der Waals surface area contributed by atoms with Crippen molar-refractivity contribution in [2.75, 3.05) is 32.5 Å². The average molecular weight is 263 g/mol. The van der Waals surface area contributed by atoms with E-state index in [9.17, 15) is 8.42 Å². The second-order valence-electron chi connectivity index (χ2n) is 3.32. The van der Waals surface area contributed by atoms with E-state index in [1.165, 1.54) is 13.3 Å². The average Bonchev–Trinajstić information content (AvgIpc) is 2.64. The van der Waals surface area contributed by atoms with E-state index in [-0.39, 0.29) is 13.1 Å². The molecule has 0 aliphatic rings. The number of anilines is 1. The van der Waals surface area contributed by atoms with Gasteiger partial charge in [-0.1, -0.05) is 0 Å². The molecule has 0 fully saturated rings. The molecule has 0 amide bonds. The number of ether oxygens (including phenoxy) is 1. The molecule has 0 saturated heterocycles. The van der Waals surface area contributed by atoms with Crippen LogP contribution in [-0.4, -0.2) is 45.0 Å². The lowest BCUT2D eigenvalue weighted by Gasteiger charge is -2.07. The maximum Gasteiger partial charge on any atom is 0.277 e. The number of rotatable bonds is 8. The van der Waals surface area contributed by atoms with E-state index < -0.39 is 10.2 Å². The quantitative estimate of drug-likeness (QED) is 0.496. The van der Waals surface area contributed by atoms with Crippen LogP contribution in [0.3, 0.4) is 0 Å². The smallest absolute Gasteiger partial charge is 0.277 e. The second-order valence-corrected chi connectivity index (χ2v) is 4.91. The van der Waals surface area contributed by atoms with E-state index in [0.29, 0.717) is 18.8 Å². The zero-order chi connectivity index (χ0) is 12.7. The molecular formula is C8H17N5O3S. The van der Waals surface area contributed by atoms with Gasteiger partial charge in [-0.2, -0.15) is 18.2 Å². The molecule has 1 aromatic heterocycles. The highest BCUT2D eigenvalue weighted by Gasteiger charge is 2.07. The number of hydrogen-bond donors (Lipinski definition) is 3. The topological polar surface area (TPSA) is 111 Å². The van der Waals surface area contributed by atoms with Gasteiger partial charge in [-0.05, 0) is 0 Å². The zero-order valence-electron chi connectivity index (χ0n) is 9.59. The van der Waals surface area contributed by atoms with Gasteiger partial charge in [-0.15, -0.1) is 0 Å². The Morgan fingerprint density at radius 1 is 1.47 bits per heavy atom. The van der Waals surface area contributed by atoms with Crippen LogP contribution >= 0.6 is 0 Å². The molecule has 1 heterocycles. The minimum absolute atomic E-state index is 0.237. The van der Waals surface area contributed by atoms with E-state index in [4.69, 9.17) is 10.5 Å². The lowest BCUT2D eigenvalue weighted by molar-refractivity contribution is 0.204. The maximum absolute atomic E-state index is 11.4. The third kappa shape index (κ3) is 5.63. The summed E-state index contributed by atoms with van der Waals surface area (Å²) in [5.41, 5.74) is 6.02. The molecule has 0 radical (unpaired) electrons. The third-order valence-corrected chi connectivity index (χ3v) is 3.05. The summed E-state index contributed by atoms with van der Waals surface area (Å²) in [5.74, 6) is 0. The van der Waals surface area contributed by atoms with Crippen LogP contribution in [0, 0.1) is 0 Å². The van der Waals surface area contributed by atoms with Gasteiger partial charge in [0.2, 0.25) is 0 Å². The number of nitrogens with one attached hydrogen (secondary N) is 2. The summed E-state index contributed by atoms with van der Waals surface area (Å²) in [7, 11) is -1.97. The van der Waals surface area contributed by atoms with E-state index in [1.807, 2.05) is 0 Å². The lowest BCUT2D eigenvalue weighted by atomic mass is 10.6. The number of hydrogen-bond acceptors (Lipinski definition) is 5. The van der Waals surface area contributed by atoms with Gasteiger partial charge in [0.1, 0.15) is 0 Å². The minimum Gasteiger partial charge on any atom is -0.396 e. The van der Waals surface area contributed by atoms with Crippen LogP contribution in [0.4, 0.5) is 5.69 Å². The Bertz CT molecular complexity index is 430. The summed E-state index contributed by atoms with van der Waals surface area (Å²) >= 11 is 0. The SMILES string of the molecule is COCCNS(=O)(=O)NCCn1cc(N)cn1. The summed E-state index contributed by atoms with van der Waals surface area (Å²) in [6, 6.07) is 0. The van der Waals surface area contributed by atoms with Gasteiger partial charge < -0.3 is 10.5 Å². The van der Waals surface area contributed by atoms with Crippen LogP contribution in [0.15, 0.2) is 12.4 Å². The molecule has 1 rings (SSSR count). The van der Waals surface area contributed by atoms with Gasteiger partial charge in [0.05, 0.1) is 25.0 Å². The van der Waals surface area contributed by atoms with Crippen LogP contribution in [-0.2, 0) is 21.5 Å². The Kier molecular flexibility index (Phi) is 5.35. The molecule has 98 valence electrons. The number of aromatic nitrogens is 2. The van der Waals surface area contributed by atoms with E-state index in [1.54, 1.807) is 10.9 Å². The molecule has 1 aromatic rings. The van der Waals surface area contributed by atoms with Gasteiger partial charge in [0, 0.05) is 26.4 Å². The molecule has 4 N–H and O–H groups in total. The van der Waals surface area contributed by atoms with E-state index in [2.05, 4.69) is 14.5 Å². The third-order valence-electron chi connectivity index (χ3n) is 1.88. The summed E-state index contributed by atoms with van der Waals surface area (Å²) in [4.78, 5) is 0. The molecular weight excluding hydrogens is 246 g/mol. The van der Waals surface area contributed by atoms with Crippen LogP contribution in [0.5, 0.6) is 0 Å². The molecule has 9 heteroatoms. The summed E-state index contributed by atoms with van der Waals surface area (Å²) in [6.45, 7) is 1.23. The Balaban J connectivity index is 2.25. The maximum atomic E-state index is 11.4. The van der Waals surface area contributed by atoms with Crippen molar-refractivity contribution in [3.8, 4) is 0 Å². The fourth-order valence-corrected chi connectivity index (χ4v) is 1.94. The molecule has 0 unspecified atom stereocenters.